The van der Waals surface area contributed by atoms with Gasteiger partial charge >= 0.3 is 0 Å². The van der Waals surface area contributed by atoms with Gasteiger partial charge in [-0.15, -0.1) is 0 Å². The van der Waals surface area contributed by atoms with E-state index in [9.17, 15) is 4.39 Å². The van der Waals surface area contributed by atoms with Crippen LogP contribution in [0.3, 0.4) is 0 Å². The maximum absolute atomic E-state index is 13.5. The molecule has 1 aromatic rings. The quantitative estimate of drug-likeness (QED) is 0.810. The number of likely N-dealkylation sites (tertiary alicyclic amines) is 1. The van der Waals surface area contributed by atoms with E-state index in [1.54, 1.807) is 6.07 Å². The number of halogens is 1. The fraction of sp³-hybridized carbons (Fsp3) is 0.467. The lowest BCUT2D eigenvalue weighted by molar-refractivity contribution is 0.220. The second-order valence-electron chi connectivity index (χ2n) is 4.64. The van der Waals surface area contributed by atoms with Crippen molar-refractivity contribution >= 4 is 0 Å². The Bertz CT molecular complexity index is 455. The highest BCUT2D eigenvalue weighted by Crippen LogP contribution is 2.15. The molecule has 0 aromatic heterocycles. The smallest absolute Gasteiger partial charge is 0.124 e. The minimum atomic E-state index is -0.258. The van der Waals surface area contributed by atoms with Gasteiger partial charge in [0.1, 0.15) is 12.4 Å². The largest absolute Gasteiger partial charge is 0.384 e. The zero-order valence-corrected chi connectivity index (χ0v) is 10.5. The van der Waals surface area contributed by atoms with Crippen molar-refractivity contribution in [3.05, 3.63) is 35.1 Å². The summed E-state index contributed by atoms with van der Waals surface area (Å²) in [5.41, 5.74) is 1.59. The summed E-state index contributed by atoms with van der Waals surface area (Å²) in [7, 11) is 0. The molecular formula is C15H18FNO. The zero-order valence-electron chi connectivity index (χ0n) is 10.5. The number of nitrogens with zero attached hydrogens (tertiary/aromatic N) is 1. The lowest BCUT2D eigenvalue weighted by atomic mass is 10.1. The van der Waals surface area contributed by atoms with Crippen LogP contribution in [0.15, 0.2) is 18.2 Å². The van der Waals surface area contributed by atoms with Crippen LogP contribution in [0, 0.1) is 17.7 Å². The summed E-state index contributed by atoms with van der Waals surface area (Å²) >= 11 is 0. The van der Waals surface area contributed by atoms with Gasteiger partial charge in [0, 0.05) is 12.1 Å². The molecule has 0 bridgehead atoms. The Labute approximate surface area is 107 Å². The number of hydrogen-bond donors (Lipinski definition) is 1. The van der Waals surface area contributed by atoms with Gasteiger partial charge in [0.15, 0.2) is 0 Å². The van der Waals surface area contributed by atoms with Crippen molar-refractivity contribution in [2.45, 2.75) is 25.8 Å². The van der Waals surface area contributed by atoms with Gasteiger partial charge < -0.3 is 5.11 Å². The van der Waals surface area contributed by atoms with E-state index < -0.39 is 0 Å². The Balaban J connectivity index is 2.09. The van der Waals surface area contributed by atoms with Crippen molar-refractivity contribution in [2.24, 2.45) is 0 Å². The summed E-state index contributed by atoms with van der Waals surface area (Å²) in [6, 6.07) is 4.88. The first-order valence-corrected chi connectivity index (χ1v) is 6.39. The summed E-state index contributed by atoms with van der Waals surface area (Å²) in [6.45, 7) is 2.77. The van der Waals surface area contributed by atoms with Crippen LogP contribution in [-0.2, 0) is 6.54 Å². The van der Waals surface area contributed by atoms with Crippen LogP contribution in [0.5, 0.6) is 0 Å². The van der Waals surface area contributed by atoms with Crippen LogP contribution in [-0.4, -0.2) is 29.7 Å². The Morgan fingerprint density at radius 2 is 1.94 bits per heavy atom. The number of aliphatic hydroxyl groups is 1. The molecule has 3 heteroatoms. The van der Waals surface area contributed by atoms with Crippen molar-refractivity contribution in [3.8, 4) is 11.8 Å². The van der Waals surface area contributed by atoms with Crippen molar-refractivity contribution in [1.82, 2.24) is 4.90 Å². The molecule has 96 valence electrons. The minimum absolute atomic E-state index is 0.196. The molecule has 1 aliphatic heterocycles. The van der Waals surface area contributed by atoms with Crippen LogP contribution in [0.1, 0.15) is 30.4 Å². The fourth-order valence-corrected chi connectivity index (χ4v) is 2.33. The van der Waals surface area contributed by atoms with Gasteiger partial charge in [-0.3, -0.25) is 4.90 Å². The highest BCUT2D eigenvalue weighted by Gasteiger charge is 2.11. The minimum Gasteiger partial charge on any atom is -0.384 e. The average Bonchev–Trinajstić information content (AvgIpc) is 2.37. The first kappa shape index (κ1) is 13.1. The molecule has 0 amide bonds. The van der Waals surface area contributed by atoms with Gasteiger partial charge in [-0.1, -0.05) is 18.3 Å². The molecule has 1 heterocycles. The second kappa shape index (κ2) is 6.53. The van der Waals surface area contributed by atoms with Crippen LogP contribution < -0.4 is 0 Å². The van der Waals surface area contributed by atoms with Crippen LogP contribution in [0.2, 0.25) is 0 Å². The Kier molecular flexibility index (Phi) is 4.74. The molecular weight excluding hydrogens is 229 g/mol. The van der Waals surface area contributed by atoms with E-state index in [0.29, 0.717) is 5.56 Å². The third-order valence-electron chi connectivity index (χ3n) is 3.12. The van der Waals surface area contributed by atoms with E-state index in [1.807, 2.05) is 6.07 Å². The SMILES string of the molecule is OCC#Cc1cc(F)cc(CN2CCCCC2)c1. The standard InChI is InChI=1S/C15H18FNO/c16-15-10-13(5-4-8-18)9-14(11-15)12-17-6-2-1-3-7-17/h9-11,18H,1-3,6-8,12H2. The molecule has 1 aliphatic rings. The van der Waals surface area contributed by atoms with E-state index in [1.165, 1.54) is 25.3 Å². The third-order valence-corrected chi connectivity index (χ3v) is 3.12. The van der Waals surface area contributed by atoms with Crippen molar-refractivity contribution in [2.75, 3.05) is 19.7 Å². The van der Waals surface area contributed by atoms with E-state index in [0.717, 1.165) is 25.2 Å². The van der Waals surface area contributed by atoms with Gasteiger partial charge in [-0.2, -0.15) is 0 Å². The number of hydrogen-bond acceptors (Lipinski definition) is 2. The Morgan fingerprint density at radius 3 is 2.67 bits per heavy atom. The van der Waals surface area contributed by atoms with Gasteiger partial charge in [-0.05, 0) is 49.7 Å². The van der Waals surface area contributed by atoms with Crippen LogP contribution in [0.4, 0.5) is 4.39 Å². The van der Waals surface area contributed by atoms with Gasteiger partial charge in [0.05, 0.1) is 0 Å². The molecule has 1 aromatic carbocycles. The second-order valence-corrected chi connectivity index (χ2v) is 4.64. The Morgan fingerprint density at radius 1 is 1.17 bits per heavy atom. The zero-order chi connectivity index (χ0) is 12.8. The summed E-state index contributed by atoms with van der Waals surface area (Å²) in [5.74, 6) is 5.04. The van der Waals surface area contributed by atoms with E-state index in [4.69, 9.17) is 5.11 Å². The van der Waals surface area contributed by atoms with Crippen LogP contribution in [0.25, 0.3) is 0 Å². The number of aliphatic hydroxyl groups excluding tert-OH is 1. The third kappa shape index (κ3) is 3.83. The monoisotopic (exact) mass is 247 g/mol. The topological polar surface area (TPSA) is 23.5 Å². The Hall–Kier alpha value is -1.37. The number of rotatable bonds is 2. The fourth-order valence-electron chi connectivity index (χ4n) is 2.33. The maximum Gasteiger partial charge on any atom is 0.124 e. The predicted molar refractivity (Wildman–Crippen MR) is 69.5 cm³/mol. The molecule has 2 rings (SSSR count). The first-order chi connectivity index (χ1) is 8.78. The lowest BCUT2D eigenvalue weighted by Gasteiger charge is -2.26. The van der Waals surface area contributed by atoms with Gasteiger partial charge in [0.25, 0.3) is 0 Å². The number of piperidine rings is 1. The van der Waals surface area contributed by atoms with Crippen molar-refractivity contribution in [1.29, 1.82) is 0 Å². The van der Waals surface area contributed by atoms with Gasteiger partial charge in [-0.25, -0.2) is 4.39 Å². The molecule has 1 fully saturated rings. The molecule has 1 N–H and O–H groups in total. The lowest BCUT2D eigenvalue weighted by Crippen LogP contribution is -2.29. The molecule has 0 atom stereocenters. The average molecular weight is 247 g/mol. The molecule has 0 spiro atoms. The molecule has 0 radical (unpaired) electrons. The number of benzene rings is 1. The summed E-state index contributed by atoms with van der Waals surface area (Å²) in [5, 5.41) is 8.65. The van der Waals surface area contributed by atoms with Gasteiger partial charge in [0.2, 0.25) is 0 Å². The summed E-state index contributed by atoms with van der Waals surface area (Å²) < 4.78 is 13.5. The highest BCUT2D eigenvalue weighted by molar-refractivity contribution is 5.37. The molecule has 2 nitrogen and oxygen atoms in total. The molecule has 18 heavy (non-hydrogen) atoms. The highest BCUT2D eigenvalue weighted by atomic mass is 19.1. The first-order valence-electron chi connectivity index (χ1n) is 6.39. The molecule has 0 aliphatic carbocycles. The summed E-state index contributed by atoms with van der Waals surface area (Å²) in [4.78, 5) is 2.35. The molecule has 0 unspecified atom stereocenters. The van der Waals surface area contributed by atoms with E-state index >= 15 is 0 Å². The van der Waals surface area contributed by atoms with Crippen LogP contribution >= 0.6 is 0 Å². The normalized spacial score (nSPS) is 16.1. The predicted octanol–water partition coefficient (Wildman–Crippen LogP) is 2.16. The van der Waals surface area contributed by atoms with Crippen molar-refractivity contribution < 1.29 is 9.50 Å². The molecule has 0 saturated carbocycles. The van der Waals surface area contributed by atoms with Crippen molar-refractivity contribution in [3.63, 3.8) is 0 Å². The maximum atomic E-state index is 13.5. The van der Waals surface area contributed by atoms with E-state index in [-0.39, 0.29) is 12.4 Å². The summed E-state index contributed by atoms with van der Waals surface area (Å²) in [6.07, 6.45) is 3.76. The van der Waals surface area contributed by atoms with E-state index in [2.05, 4.69) is 16.7 Å². The molecule has 1 saturated heterocycles.